The van der Waals surface area contributed by atoms with Crippen LogP contribution in [0.5, 0.6) is 5.75 Å². The van der Waals surface area contributed by atoms with Crippen LogP contribution < -0.4 is 5.14 Å². The quantitative estimate of drug-likeness (QED) is 0.857. The van der Waals surface area contributed by atoms with Crippen LogP contribution in [0.15, 0.2) is 41.4 Å². The van der Waals surface area contributed by atoms with Crippen LogP contribution in [0.1, 0.15) is 5.56 Å². The van der Waals surface area contributed by atoms with Crippen molar-refractivity contribution in [3.8, 4) is 17.0 Å². The largest absolute Gasteiger partial charge is 0.506 e. The fraction of sp³-hybridized carbons (Fsp3) is 0.0833. The van der Waals surface area contributed by atoms with E-state index in [9.17, 15) is 13.5 Å². The molecule has 0 fully saturated rings. The van der Waals surface area contributed by atoms with Gasteiger partial charge in [0.05, 0.1) is 4.90 Å². The van der Waals surface area contributed by atoms with Crippen LogP contribution in [-0.4, -0.2) is 18.5 Å². The van der Waals surface area contributed by atoms with Crippen molar-refractivity contribution in [2.24, 2.45) is 5.14 Å². The fourth-order valence-electron chi connectivity index (χ4n) is 1.64. The third-order valence-corrected chi connectivity index (χ3v) is 3.49. The number of aromatic hydroxyl groups is 1. The summed E-state index contributed by atoms with van der Waals surface area (Å²) in [5.74, 6) is -0.00725. The highest BCUT2D eigenvalue weighted by atomic mass is 32.2. The number of hydrogen-bond donors (Lipinski definition) is 2. The molecule has 0 bridgehead atoms. The molecule has 1 heterocycles. The van der Waals surface area contributed by atoms with E-state index in [-0.39, 0.29) is 10.6 Å². The average Bonchev–Trinajstić information content (AvgIpc) is 2.29. The van der Waals surface area contributed by atoms with Gasteiger partial charge in [-0.3, -0.25) is 4.98 Å². The Hall–Kier alpha value is -1.92. The molecule has 0 saturated carbocycles. The van der Waals surface area contributed by atoms with Crippen LogP contribution in [0, 0.1) is 6.92 Å². The Morgan fingerprint density at radius 1 is 1.28 bits per heavy atom. The van der Waals surface area contributed by atoms with Gasteiger partial charge in [-0.1, -0.05) is 6.07 Å². The lowest BCUT2D eigenvalue weighted by atomic mass is 10.0. The van der Waals surface area contributed by atoms with Crippen molar-refractivity contribution >= 4 is 10.0 Å². The summed E-state index contributed by atoms with van der Waals surface area (Å²) in [4.78, 5) is 4.04. The molecule has 1 aromatic carbocycles. The van der Waals surface area contributed by atoms with Gasteiger partial charge in [0, 0.05) is 11.8 Å². The summed E-state index contributed by atoms with van der Waals surface area (Å²) in [6.45, 7) is 1.80. The van der Waals surface area contributed by atoms with Gasteiger partial charge in [0.25, 0.3) is 0 Å². The van der Waals surface area contributed by atoms with Crippen LogP contribution >= 0.6 is 0 Å². The summed E-state index contributed by atoms with van der Waals surface area (Å²) < 4.78 is 22.6. The first-order chi connectivity index (χ1) is 8.39. The van der Waals surface area contributed by atoms with Gasteiger partial charge in [-0.15, -0.1) is 0 Å². The number of nitrogens with zero attached hydrogens (tertiary/aromatic N) is 1. The number of primary sulfonamides is 1. The molecule has 94 valence electrons. The SMILES string of the molecule is Cc1ccc(S(N)(=O)=O)cc1-c1ncccc1O. The molecule has 2 aromatic rings. The maximum atomic E-state index is 11.3. The Morgan fingerprint density at radius 2 is 2.00 bits per heavy atom. The van der Waals surface area contributed by atoms with Gasteiger partial charge in [-0.25, -0.2) is 13.6 Å². The zero-order valence-electron chi connectivity index (χ0n) is 9.66. The van der Waals surface area contributed by atoms with Crippen molar-refractivity contribution in [3.05, 3.63) is 42.1 Å². The van der Waals surface area contributed by atoms with Gasteiger partial charge in [-0.05, 0) is 36.8 Å². The summed E-state index contributed by atoms with van der Waals surface area (Å²) in [6, 6.07) is 7.55. The number of sulfonamides is 1. The molecule has 0 aliphatic carbocycles. The second-order valence-electron chi connectivity index (χ2n) is 3.89. The molecule has 2 rings (SSSR count). The predicted molar refractivity (Wildman–Crippen MR) is 67.4 cm³/mol. The first-order valence-corrected chi connectivity index (χ1v) is 6.72. The van der Waals surface area contributed by atoms with Gasteiger partial charge in [-0.2, -0.15) is 0 Å². The van der Waals surface area contributed by atoms with Crippen molar-refractivity contribution in [2.75, 3.05) is 0 Å². The molecule has 0 amide bonds. The molecule has 0 aliphatic rings. The Bertz CT molecular complexity index is 696. The molecule has 3 N–H and O–H groups in total. The van der Waals surface area contributed by atoms with E-state index in [0.717, 1.165) is 5.56 Å². The molecule has 18 heavy (non-hydrogen) atoms. The van der Waals surface area contributed by atoms with Crippen molar-refractivity contribution in [3.63, 3.8) is 0 Å². The van der Waals surface area contributed by atoms with Crippen LogP contribution in [0.2, 0.25) is 0 Å². The molecule has 6 heteroatoms. The monoisotopic (exact) mass is 264 g/mol. The Kier molecular flexibility index (Phi) is 3.06. The summed E-state index contributed by atoms with van der Waals surface area (Å²) in [5, 5.41) is 14.8. The van der Waals surface area contributed by atoms with E-state index in [1.165, 1.54) is 24.4 Å². The summed E-state index contributed by atoms with van der Waals surface area (Å²) >= 11 is 0. The van der Waals surface area contributed by atoms with E-state index in [4.69, 9.17) is 5.14 Å². The minimum absolute atomic E-state index is 0.00634. The zero-order chi connectivity index (χ0) is 13.3. The normalized spacial score (nSPS) is 11.4. The maximum absolute atomic E-state index is 11.3. The molecule has 0 unspecified atom stereocenters. The molecule has 0 saturated heterocycles. The molecule has 0 spiro atoms. The average molecular weight is 264 g/mol. The third-order valence-electron chi connectivity index (χ3n) is 2.58. The van der Waals surface area contributed by atoms with Crippen molar-refractivity contribution in [2.45, 2.75) is 11.8 Å². The van der Waals surface area contributed by atoms with Gasteiger partial charge in [0.15, 0.2) is 0 Å². The van der Waals surface area contributed by atoms with E-state index in [2.05, 4.69) is 4.98 Å². The minimum Gasteiger partial charge on any atom is -0.506 e. The highest BCUT2D eigenvalue weighted by Crippen LogP contribution is 2.30. The van der Waals surface area contributed by atoms with E-state index in [0.29, 0.717) is 11.3 Å². The smallest absolute Gasteiger partial charge is 0.238 e. The molecule has 0 radical (unpaired) electrons. The van der Waals surface area contributed by atoms with Crippen LogP contribution in [-0.2, 0) is 10.0 Å². The second kappa shape index (κ2) is 4.40. The van der Waals surface area contributed by atoms with E-state index in [1.54, 1.807) is 19.1 Å². The van der Waals surface area contributed by atoms with Crippen molar-refractivity contribution in [1.29, 1.82) is 0 Å². The number of rotatable bonds is 2. The Morgan fingerprint density at radius 3 is 2.61 bits per heavy atom. The van der Waals surface area contributed by atoms with Crippen LogP contribution in [0.25, 0.3) is 11.3 Å². The van der Waals surface area contributed by atoms with Crippen LogP contribution in [0.4, 0.5) is 0 Å². The first-order valence-electron chi connectivity index (χ1n) is 5.17. The lowest BCUT2D eigenvalue weighted by Crippen LogP contribution is -2.12. The molecular formula is C12H12N2O3S. The van der Waals surface area contributed by atoms with Gasteiger partial charge >= 0.3 is 0 Å². The fourth-order valence-corrected chi connectivity index (χ4v) is 2.18. The lowest BCUT2D eigenvalue weighted by Gasteiger charge is -2.08. The Balaban J connectivity index is 2.69. The molecule has 5 nitrogen and oxygen atoms in total. The van der Waals surface area contributed by atoms with E-state index < -0.39 is 10.0 Å². The first kappa shape index (κ1) is 12.5. The van der Waals surface area contributed by atoms with E-state index >= 15 is 0 Å². The number of hydrogen-bond acceptors (Lipinski definition) is 4. The molecule has 0 atom stereocenters. The summed E-state index contributed by atoms with van der Waals surface area (Å²) in [7, 11) is -3.77. The van der Waals surface area contributed by atoms with Crippen molar-refractivity contribution < 1.29 is 13.5 Å². The molecule has 1 aromatic heterocycles. The summed E-state index contributed by atoms with van der Waals surface area (Å²) in [6.07, 6.45) is 1.53. The predicted octanol–water partition coefficient (Wildman–Crippen LogP) is 1.41. The highest BCUT2D eigenvalue weighted by Gasteiger charge is 2.13. The lowest BCUT2D eigenvalue weighted by molar-refractivity contribution is 0.475. The van der Waals surface area contributed by atoms with Gasteiger partial charge < -0.3 is 5.11 Å². The third kappa shape index (κ3) is 2.34. The number of aromatic nitrogens is 1. The van der Waals surface area contributed by atoms with Gasteiger partial charge in [0.2, 0.25) is 10.0 Å². The molecule has 0 aliphatic heterocycles. The van der Waals surface area contributed by atoms with Crippen molar-refractivity contribution in [1.82, 2.24) is 4.98 Å². The maximum Gasteiger partial charge on any atom is 0.238 e. The zero-order valence-corrected chi connectivity index (χ0v) is 10.5. The standard InChI is InChI=1S/C12H12N2O3S/c1-8-4-5-9(18(13,16)17)7-10(8)12-11(15)3-2-6-14-12/h2-7,15H,1H3,(H2,13,16,17). The number of pyridine rings is 1. The topological polar surface area (TPSA) is 93.3 Å². The minimum atomic E-state index is -3.77. The highest BCUT2D eigenvalue weighted by molar-refractivity contribution is 7.89. The van der Waals surface area contributed by atoms with E-state index in [1.807, 2.05) is 0 Å². The van der Waals surface area contributed by atoms with Gasteiger partial charge in [0.1, 0.15) is 11.4 Å². The molecular weight excluding hydrogens is 252 g/mol. The number of nitrogens with two attached hydrogens (primary N) is 1. The summed E-state index contributed by atoms with van der Waals surface area (Å²) in [5.41, 5.74) is 1.68. The Labute approximate surface area is 105 Å². The second-order valence-corrected chi connectivity index (χ2v) is 5.45. The van der Waals surface area contributed by atoms with Crippen LogP contribution in [0.3, 0.4) is 0 Å². The number of aryl methyl sites for hydroxylation is 1. The number of benzene rings is 1.